The summed E-state index contributed by atoms with van der Waals surface area (Å²) in [5, 5.41) is 0. The van der Waals surface area contributed by atoms with Gasteiger partial charge in [-0.2, -0.15) is 0 Å². The molecular weight excluding hydrogens is 534 g/mol. The number of ether oxygens (including phenoxy) is 2. The second-order valence-corrected chi connectivity index (χ2v) is 9.66. The zero-order valence-electron chi connectivity index (χ0n) is 20.1. The fraction of sp³-hybridized carbons (Fsp3) is 0.207. The first-order chi connectivity index (χ1) is 18.1. The van der Waals surface area contributed by atoms with Crippen LogP contribution in [0.1, 0.15) is 18.4 Å². The highest BCUT2D eigenvalue weighted by Gasteiger charge is 2.25. The fourth-order valence-corrected chi connectivity index (χ4v) is 4.72. The van der Waals surface area contributed by atoms with Crippen molar-refractivity contribution < 1.29 is 14.3 Å². The molecule has 1 saturated heterocycles. The highest BCUT2D eigenvalue weighted by atomic mass is 79.9. The zero-order chi connectivity index (χ0) is 25.6. The molecule has 1 amide bonds. The van der Waals surface area contributed by atoms with Crippen molar-refractivity contribution >= 4 is 22.0 Å². The van der Waals surface area contributed by atoms with E-state index in [-0.39, 0.29) is 24.4 Å². The number of aromatic nitrogens is 2. The topological polar surface area (TPSA) is 73.7 Å². The summed E-state index contributed by atoms with van der Waals surface area (Å²) in [6.07, 6.45) is 4.57. The molecule has 1 fully saturated rings. The van der Waals surface area contributed by atoms with Crippen LogP contribution in [0.25, 0.3) is 16.9 Å². The van der Waals surface area contributed by atoms with Gasteiger partial charge in [0, 0.05) is 50.0 Å². The van der Waals surface area contributed by atoms with Crippen LogP contribution in [0.15, 0.2) is 101 Å². The van der Waals surface area contributed by atoms with E-state index >= 15 is 0 Å². The van der Waals surface area contributed by atoms with Crippen LogP contribution in [0.4, 0.5) is 4.79 Å². The monoisotopic (exact) mass is 559 g/mol. The third-order valence-corrected chi connectivity index (χ3v) is 6.81. The molecule has 0 atom stereocenters. The van der Waals surface area contributed by atoms with Gasteiger partial charge in [0.1, 0.15) is 18.5 Å². The van der Waals surface area contributed by atoms with Crippen molar-refractivity contribution in [2.24, 2.45) is 0 Å². The largest absolute Gasteiger partial charge is 0.490 e. The highest BCUT2D eigenvalue weighted by molar-refractivity contribution is 9.10. The summed E-state index contributed by atoms with van der Waals surface area (Å²) in [7, 11) is 0. The third kappa shape index (κ3) is 6.09. The molecule has 2 aromatic carbocycles. The minimum atomic E-state index is -0.304. The number of amides is 1. The summed E-state index contributed by atoms with van der Waals surface area (Å²) in [6, 6.07) is 24.6. The van der Waals surface area contributed by atoms with Gasteiger partial charge in [-0.1, -0.05) is 42.5 Å². The van der Waals surface area contributed by atoms with Crippen LogP contribution in [0.2, 0.25) is 0 Å². The Morgan fingerprint density at radius 2 is 1.76 bits per heavy atom. The molecular formula is C29H26BrN3O4. The van der Waals surface area contributed by atoms with E-state index in [4.69, 9.17) is 9.47 Å². The number of nitrogens with zero attached hydrogens (tertiary/aromatic N) is 3. The fourth-order valence-electron chi connectivity index (χ4n) is 4.28. The predicted molar refractivity (Wildman–Crippen MR) is 145 cm³/mol. The van der Waals surface area contributed by atoms with Crippen LogP contribution >= 0.6 is 15.9 Å². The zero-order valence-corrected chi connectivity index (χ0v) is 21.7. The van der Waals surface area contributed by atoms with E-state index in [1.807, 2.05) is 72.8 Å². The van der Waals surface area contributed by atoms with E-state index in [1.54, 1.807) is 27.9 Å². The van der Waals surface area contributed by atoms with Gasteiger partial charge in [-0.25, -0.2) is 4.79 Å². The molecule has 8 heteroatoms. The Morgan fingerprint density at radius 3 is 2.51 bits per heavy atom. The molecule has 0 radical (unpaired) electrons. The second kappa shape index (κ2) is 11.4. The van der Waals surface area contributed by atoms with Gasteiger partial charge < -0.3 is 14.4 Å². The number of halogens is 1. The molecule has 1 aliphatic rings. The first-order valence-electron chi connectivity index (χ1n) is 12.1. The van der Waals surface area contributed by atoms with Crippen LogP contribution in [-0.2, 0) is 11.3 Å². The Bertz CT molecular complexity index is 1420. The quantitative estimate of drug-likeness (QED) is 0.296. The molecule has 1 aliphatic heterocycles. The summed E-state index contributed by atoms with van der Waals surface area (Å²) in [6.45, 7) is 1.40. The van der Waals surface area contributed by atoms with Crippen LogP contribution in [0.3, 0.4) is 0 Å². The van der Waals surface area contributed by atoms with Crippen LogP contribution in [0, 0.1) is 0 Å². The summed E-state index contributed by atoms with van der Waals surface area (Å²) in [4.78, 5) is 31.5. The summed E-state index contributed by atoms with van der Waals surface area (Å²) >= 11 is 3.40. The maximum absolute atomic E-state index is 12.9. The normalized spacial score (nSPS) is 13.8. The number of likely N-dealkylation sites (tertiary alicyclic amines) is 1. The standard InChI is InChI=1S/C29H26BrN3O4/c30-26-17-22(27-11-4-5-14-31-27)19-33(28(26)34)23-9-6-10-25(18-23)37-24-12-15-32(16-13-24)29(35)36-20-21-7-2-1-3-8-21/h1-11,14,17-19,24H,12-13,15-16,20H2. The number of hydrogen-bond acceptors (Lipinski definition) is 5. The Morgan fingerprint density at radius 1 is 0.973 bits per heavy atom. The van der Waals surface area contributed by atoms with Crippen molar-refractivity contribution in [2.45, 2.75) is 25.6 Å². The lowest BCUT2D eigenvalue weighted by atomic mass is 10.1. The smallest absolute Gasteiger partial charge is 0.410 e. The molecule has 2 aromatic heterocycles. The number of carbonyl (C=O) groups excluding carboxylic acids is 1. The SMILES string of the molecule is O=C(OCc1ccccc1)N1CCC(Oc2cccc(-n3cc(-c4ccccn4)cc(Br)c3=O)c2)CC1. The molecule has 3 heterocycles. The predicted octanol–water partition coefficient (Wildman–Crippen LogP) is 5.84. The van der Waals surface area contributed by atoms with Gasteiger partial charge in [-0.05, 0) is 51.8 Å². The van der Waals surface area contributed by atoms with Crippen LogP contribution in [0.5, 0.6) is 5.75 Å². The number of benzene rings is 2. The number of pyridine rings is 2. The first-order valence-corrected chi connectivity index (χ1v) is 12.9. The van der Waals surface area contributed by atoms with Crippen molar-refractivity contribution in [2.75, 3.05) is 13.1 Å². The second-order valence-electron chi connectivity index (χ2n) is 8.81. The highest BCUT2D eigenvalue weighted by Crippen LogP contribution is 2.24. The van der Waals surface area contributed by atoms with E-state index in [2.05, 4.69) is 20.9 Å². The van der Waals surface area contributed by atoms with Crippen LogP contribution in [-0.4, -0.2) is 39.7 Å². The Balaban J connectivity index is 1.23. The maximum atomic E-state index is 12.9. The molecule has 4 aromatic rings. The molecule has 0 saturated carbocycles. The van der Waals surface area contributed by atoms with Gasteiger partial charge >= 0.3 is 6.09 Å². The lowest BCUT2D eigenvalue weighted by Gasteiger charge is -2.31. The van der Waals surface area contributed by atoms with Crippen molar-refractivity contribution in [3.05, 3.63) is 112 Å². The van der Waals surface area contributed by atoms with Gasteiger partial charge in [-0.3, -0.25) is 14.3 Å². The van der Waals surface area contributed by atoms with E-state index in [0.29, 0.717) is 41.8 Å². The molecule has 0 N–H and O–H groups in total. The van der Waals surface area contributed by atoms with Gasteiger partial charge in [0.15, 0.2) is 0 Å². The van der Waals surface area contributed by atoms with Gasteiger partial charge in [0.2, 0.25) is 0 Å². The van der Waals surface area contributed by atoms with E-state index < -0.39 is 0 Å². The minimum absolute atomic E-state index is 0.0308. The molecule has 188 valence electrons. The van der Waals surface area contributed by atoms with Gasteiger partial charge in [0.25, 0.3) is 5.56 Å². The Hall–Kier alpha value is -3.91. The lowest BCUT2D eigenvalue weighted by molar-refractivity contribution is 0.0638. The lowest BCUT2D eigenvalue weighted by Crippen LogP contribution is -2.42. The maximum Gasteiger partial charge on any atom is 0.410 e. The molecule has 0 aliphatic carbocycles. The van der Waals surface area contributed by atoms with E-state index in [9.17, 15) is 9.59 Å². The molecule has 0 spiro atoms. The average Bonchev–Trinajstić information content (AvgIpc) is 2.95. The Labute approximate surface area is 223 Å². The van der Waals surface area contributed by atoms with Crippen molar-refractivity contribution in [1.82, 2.24) is 14.5 Å². The average molecular weight is 560 g/mol. The summed E-state index contributed by atoms with van der Waals surface area (Å²) in [5.74, 6) is 0.675. The summed E-state index contributed by atoms with van der Waals surface area (Å²) in [5.41, 5.74) is 3.09. The van der Waals surface area contributed by atoms with Crippen LogP contribution < -0.4 is 10.3 Å². The molecule has 7 nitrogen and oxygen atoms in total. The number of rotatable bonds is 6. The van der Waals surface area contributed by atoms with Crippen molar-refractivity contribution in [3.63, 3.8) is 0 Å². The molecule has 0 unspecified atom stereocenters. The molecule has 37 heavy (non-hydrogen) atoms. The number of carbonyl (C=O) groups is 1. The van der Waals surface area contributed by atoms with Crippen molar-refractivity contribution in [1.29, 1.82) is 0 Å². The molecule has 0 bridgehead atoms. The first kappa shape index (κ1) is 24.8. The van der Waals surface area contributed by atoms with Gasteiger partial charge in [0.05, 0.1) is 15.9 Å². The Kier molecular flexibility index (Phi) is 7.65. The van der Waals surface area contributed by atoms with Crippen molar-refractivity contribution in [3.8, 4) is 22.7 Å². The van der Waals surface area contributed by atoms with E-state index in [0.717, 1.165) is 16.8 Å². The molecule has 5 rings (SSSR count). The minimum Gasteiger partial charge on any atom is -0.490 e. The third-order valence-electron chi connectivity index (χ3n) is 6.24. The van der Waals surface area contributed by atoms with E-state index in [1.165, 1.54) is 0 Å². The number of hydrogen-bond donors (Lipinski definition) is 0. The number of piperidine rings is 1. The summed E-state index contributed by atoms with van der Waals surface area (Å²) < 4.78 is 13.7. The van der Waals surface area contributed by atoms with Gasteiger partial charge in [-0.15, -0.1) is 0 Å².